The summed E-state index contributed by atoms with van der Waals surface area (Å²) in [5.41, 5.74) is 5.94. The lowest BCUT2D eigenvalue weighted by Crippen LogP contribution is -2.24. The zero-order valence-corrected chi connectivity index (χ0v) is 13.9. The van der Waals surface area contributed by atoms with Crippen molar-refractivity contribution in [3.63, 3.8) is 0 Å². The van der Waals surface area contributed by atoms with Gasteiger partial charge in [-0.1, -0.05) is 35.9 Å². The number of hydrogen-bond acceptors (Lipinski definition) is 2. The molecule has 0 bridgehead atoms. The minimum Gasteiger partial charge on any atom is -0.348 e. The first kappa shape index (κ1) is 15.6. The van der Waals surface area contributed by atoms with Crippen LogP contribution in [-0.4, -0.2) is 16.1 Å². The Balaban J connectivity index is 1.59. The largest absolute Gasteiger partial charge is 0.348 e. The number of halogens is 1. The fourth-order valence-corrected chi connectivity index (χ4v) is 2.79. The van der Waals surface area contributed by atoms with Gasteiger partial charge < -0.3 is 5.32 Å². The number of nitrogens with zero attached hydrogens (tertiary/aromatic N) is 1. The summed E-state index contributed by atoms with van der Waals surface area (Å²) < 4.78 is 0. The highest BCUT2D eigenvalue weighted by atomic mass is 35.5. The third kappa shape index (κ3) is 3.37. The smallest absolute Gasteiger partial charge is 0.247 e. The standard InChI is InChI=1S/C18H18ClN3O/c1-11-17(12(2)22-21-11)10-20-18(23)15-4-3-14(9-15)13-5-7-16(19)8-6-13/h3-8H,9-10H2,1-2H3,(H,20,23)(H,21,22). The molecule has 2 N–H and O–H groups in total. The van der Waals surface area contributed by atoms with E-state index in [4.69, 9.17) is 11.6 Å². The molecule has 0 spiro atoms. The van der Waals surface area contributed by atoms with Gasteiger partial charge in [0.05, 0.1) is 5.69 Å². The zero-order chi connectivity index (χ0) is 16.4. The Labute approximate surface area is 140 Å². The molecule has 2 aromatic rings. The number of hydrogen-bond donors (Lipinski definition) is 2. The number of nitrogens with one attached hydrogen (secondary N) is 2. The highest BCUT2D eigenvalue weighted by Gasteiger charge is 2.17. The summed E-state index contributed by atoms with van der Waals surface area (Å²) in [5.74, 6) is -0.0368. The summed E-state index contributed by atoms with van der Waals surface area (Å²) in [7, 11) is 0. The third-order valence-electron chi connectivity index (χ3n) is 4.08. The van der Waals surface area contributed by atoms with Crippen LogP contribution < -0.4 is 5.32 Å². The second-order valence-corrected chi connectivity index (χ2v) is 6.10. The Morgan fingerprint density at radius 2 is 2.00 bits per heavy atom. The molecule has 0 atom stereocenters. The number of amides is 1. The number of benzene rings is 1. The quantitative estimate of drug-likeness (QED) is 0.899. The Kier molecular flexibility index (Phi) is 4.35. The number of aromatic amines is 1. The number of aryl methyl sites for hydroxylation is 2. The van der Waals surface area contributed by atoms with Gasteiger partial charge in [-0.3, -0.25) is 9.89 Å². The van der Waals surface area contributed by atoms with E-state index in [0.29, 0.717) is 18.0 Å². The Morgan fingerprint density at radius 1 is 1.26 bits per heavy atom. The van der Waals surface area contributed by atoms with Gasteiger partial charge in [0.15, 0.2) is 0 Å². The third-order valence-corrected chi connectivity index (χ3v) is 4.33. The predicted octanol–water partition coefficient (Wildman–Crippen LogP) is 3.71. The Bertz CT molecular complexity index is 781. The molecule has 1 amide bonds. The van der Waals surface area contributed by atoms with Crippen molar-refractivity contribution < 1.29 is 4.79 Å². The summed E-state index contributed by atoms with van der Waals surface area (Å²) in [4.78, 5) is 12.3. The van der Waals surface area contributed by atoms with E-state index in [1.54, 1.807) is 0 Å². The number of carbonyl (C=O) groups excluding carboxylic acids is 1. The van der Waals surface area contributed by atoms with Crippen LogP contribution in [0.5, 0.6) is 0 Å². The van der Waals surface area contributed by atoms with E-state index in [1.807, 2.05) is 50.3 Å². The van der Waals surface area contributed by atoms with Gasteiger partial charge in [0, 0.05) is 34.8 Å². The van der Waals surface area contributed by atoms with Crippen molar-refractivity contribution in [2.75, 3.05) is 0 Å². The minimum absolute atomic E-state index is 0.0368. The summed E-state index contributed by atoms with van der Waals surface area (Å²) in [6.45, 7) is 4.37. The van der Waals surface area contributed by atoms with Gasteiger partial charge in [0.25, 0.3) is 0 Å². The van der Waals surface area contributed by atoms with E-state index < -0.39 is 0 Å². The van der Waals surface area contributed by atoms with E-state index >= 15 is 0 Å². The molecule has 0 radical (unpaired) electrons. The molecular formula is C18H18ClN3O. The lowest BCUT2D eigenvalue weighted by Gasteiger charge is -2.08. The van der Waals surface area contributed by atoms with E-state index in [0.717, 1.165) is 33.7 Å². The maximum atomic E-state index is 12.3. The Hall–Kier alpha value is -2.33. The average Bonchev–Trinajstić information content (AvgIpc) is 3.14. The number of aromatic nitrogens is 2. The van der Waals surface area contributed by atoms with Crippen molar-refractivity contribution in [2.24, 2.45) is 0 Å². The van der Waals surface area contributed by atoms with Crippen LogP contribution in [0.15, 0.2) is 42.0 Å². The lowest BCUT2D eigenvalue weighted by atomic mass is 10.0. The number of rotatable bonds is 4. The molecule has 1 heterocycles. The van der Waals surface area contributed by atoms with Gasteiger partial charge in [0.1, 0.15) is 0 Å². The summed E-state index contributed by atoms with van der Waals surface area (Å²) in [6.07, 6.45) is 4.51. The van der Waals surface area contributed by atoms with Crippen molar-refractivity contribution >= 4 is 23.1 Å². The summed E-state index contributed by atoms with van der Waals surface area (Å²) >= 11 is 5.91. The topological polar surface area (TPSA) is 57.8 Å². The van der Waals surface area contributed by atoms with Crippen LogP contribution in [0.25, 0.3) is 5.57 Å². The van der Waals surface area contributed by atoms with Crippen LogP contribution >= 0.6 is 11.6 Å². The molecule has 0 aliphatic heterocycles. The molecule has 0 fully saturated rings. The fourth-order valence-electron chi connectivity index (χ4n) is 2.66. The van der Waals surface area contributed by atoms with Crippen molar-refractivity contribution in [3.05, 3.63) is 69.5 Å². The van der Waals surface area contributed by atoms with Gasteiger partial charge >= 0.3 is 0 Å². The van der Waals surface area contributed by atoms with Gasteiger partial charge in [-0.2, -0.15) is 5.10 Å². The molecule has 5 heteroatoms. The first-order chi connectivity index (χ1) is 11.0. The van der Waals surface area contributed by atoms with Gasteiger partial charge in [-0.25, -0.2) is 0 Å². The maximum Gasteiger partial charge on any atom is 0.247 e. The summed E-state index contributed by atoms with van der Waals surface area (Å²) in [5, 5.41) is 10.7. The fraction of sp³-hybridized carbons (Fsp3) is 0.222. The first-order valence-electron chi connectivity index (χ1n) is 7.49. The van der Waals surface area contributed by atoms with E-state index in [-0.39, 0.29) is 5.91 Å². The lowest BCUT2D eigenvalue weighted by molar-refractivity contribution is -0.117. The SMILES string of the molecule is Cc1n[nH]c(C)c1CNC(=O)C1=CC=C(c2ccc(Cl)cc2)C1. The van der Waals surface area contributed by atoms with Crippen molar-refractivity contribution in [1.82, 2.24) is 15.5 Å². The molecule has 1 aliphatic carbocycles. The minimum atomic E-state index is -0.0368. The maximum absolute atomic E-state index is 12.3. The molecule has 23 heavy (non-hydrogen) atoms. The van der Waals surface area contributed by atoms with E-state index in [9.17, 15) is 4.79 Å². The van der Waals surface area contributed by atoms with Crippen LogP contribution in [0, 0.1) is 13.8 Å². The average molecular weight is 328 g/mol. The van der Waals surface area contributed by atoms with Crippen molar-refractivity contribution in [1.29, 1.82) is 0 Å². The molecule has 1 aromatic heterocycles. The van der Waals surface area contributed by atoms with Crippen molar-refractivity contribution in [2.45, 2.75) is 26.8 Å². The predicted molar refractivity (Wildman–Crippen MR) is 92.0 cm³/mol. The molecule has 4 nitrogen and oxygen atoms in total. The van der Waals surface area contributed by atoms with Crippen LogP contribution in [0.3, 0.4) is 0 Å². The van der Waals surface area contributed by atoms with Gasteiger partial charge in [0.2, 0.25) is 5.91 Å². The van der Waals surface area contributed by atoms with Crippen LogP contribution in [0.4, 0.5) is 0 Å². The number of H-pyrrole nitrogens is 1. The highest BCUT2D eigenvalue weighted by Crippen LogP contribution is 2.29. The molecule has 1 aromatic carbocycles. The zero-order valence-electron chi connectivity index (χ0n) is 13.1. The van der Waals surface area contributed by atoms with Crippen molar-refractivity contribution in [3.8, 4) is 0 Å². The van der Waals surface area contributed by atoms with E-state index in [1.165, 1.54) is 0 Å². The highest BCUT2D eigenvalue weighted by molar-refractivity contribution is 6.30. The molecule has 3 rings (SSSR count). The monoisotopic (exact) mass is 327 g/mol. The second kappa shape index (κ2) is 6.42. The number of carbonyl (C=O) groups is 1. The van der Waals surface area contributed by atoms with Crippen LogP contribution in [0.1, 0.15) is 28.9 Å². The summed E-state index contributed by atoms with van der Waals surface area (Å²) in [6, 6.07) is 7.67. The molecule has 1 aliphatic rings. The Morgan fingerprint density at radius 3 is 2.65 bits per heavy atom. The first-order valence-corrected chi connectivity index (χ1v) is 7.86. The van der Waals surface area contributed by atoms with Gasteiger partial charge in [-0.05, 0) is 37.1 Å². The van der Waals surface area contributed by atoms with Crippen LogP contribution in [-0.2, 0) is 11.3 Å². The molecular weight excluding hydrogens is 310 g/mol. The normalized spacial score (nSPS) is 13.7. The molecule has 0 unspecified atom stereocenters. The molecule has 0 saturated carbocycles. The van der Waals surface area contributed by atoms with E-state index in [2.05, 4.69) is 15.5 Å². The number of allylic oxidation sites excluding steroid dienone is 3. The molecule has 118 valence electrons. The second-order valence-electron chi connectivity index (χ2n) is 5.66. The molecule has 0 saturated heterocycles. The van der Waals surface area contributed by atoms with Crippen LogP contribution in [0.2, 0.25) is 5.02 Å². The van der Waals surface area contributed by atoms with Gasteiger partial charge in [-0.15, -0.1) is 0 Å².